The van der Waals surface area contributed by atoms with Crippen LogP contribution >= 0.6 is 27.7 Å². The fraction of sp³-hybridized carbons (Fsp3) is 0.571. The van der Waals surface area contributed by atoms with Crippen LogP contribution in [0.4, 0.5) is 0 Å². The third kappa shape index (κ3) is 6.69. The fourth-order valence-electron chi connectivity index (χ4n) is 1.78. The summed E-state index contributed by atoms with van der Waals surface area (Å²) < 4.78 is 27.7. The van der Waals surface area contributed by atoms with Crippen LogP contribution in [0.2, 0.25) is 0 Å². The zero-order valence-corrected chi connectivity index (χ0v) is 15.7. The lowest BCUT2D eigenvalue weighted by Crippen LogP contribution is -2.25. The van der Waals surface area contributed by atoms with Crippen molar-refractivity contribution in [3.05, 3.63) is 28.2 Å². The highest BCUT2D eigenvalue weighted by atomic mass is 79.9. The Labute approximate surface area is 140 Å². The summed E-state index contributed by atoms with van der Waals surface area (Å²) in [5.74, 6) is 0.950. The molecule has 7 heteroatoms. The lowest BCUT2D eigenvalue weighted by atomic mass is 10.2. The Morgan fingerprint density at radius 3 is 2.67 bits per heavy atom. The van der Waals surface area contributed by atoms with Gasteiger partial charge < -0.3 is 5.32 Å². The number of thioether (sulfide) groups is 1. The molecule has 0 heterocycles. The van der Waals surface area contributed by atoms with Crippen LogP contribution in [0.3, 0.4) is 0 Å². The molecule has 0 aromatic heterocycles. The molecule has 21 heavy (non-hydrogen) atoms. The van der Waals surface area contributed by atoms with Gasteiger partial charge in [-0.05, 0) is 65.0 Å². The molecule has 1 aromatic rings. The van der Waals surface area contributed by atoms with Gasteiger partial charge in [0.1, 0.15) is 0 Å². The van der Waals surface area contributed by atoms with E-state index in [2.05, 4.69) is 32.9 Å². The van der Waals surface area contributed by atoms with E-state index in [4.69, 9.17) is 0 Å². The molecule has 0 aliphatic heterocycles. The maximum atomic E-state index is 12.2. The molecule has 0 aliphatic rings. The van der Waals surface area contributed by atoms with Crippen molar-refractivity contribution in [2.24, 2.45) is 0 Å². The Morgan fingerprint density at radius 2 is 2.05 bits per heavy atom. The highest BCUT2D eigenvalue weighted by Gasteiger charge is 2.17. The quantitative estimate of drug-likeness (QED) is 0.598. The van der Waals surface area contributed by atoms with Crippen molar-refractivity contribution >= 4 is 37.7 Å². The molecule has 0 fully saturated rings. The average molecular weight is 395 g/mol. The Bertz CT molecular complexity index is 536. The molecule has 0 aliphatic carbocycles. The molecule has 0 saturated carbocycles. The van der Waals surface area contributed by atoms with Gasteiger partial charge in [0.2, 0.25) is 10.0 Å². The molecule has 0 radical (unpaired) electrons. The molecular formula is C14H23BrN2O2S2. The van der Waals surface area contributed by atoms with Gasteiger partial charge >= 0.3 is 0 Å². The standard InChI is InChI=1S/C14H23BrN2O2S2/c1-3-7-16-11-12-5-6-14(13(15)10-12)21(18,19)17-8-4-9-20-2/h5-6,10,16-17H,3-4,7-9,11H2,1-2H3. The molecule has 4 nitrogen and oxygen atoms in total. The van der Waals surface area contributed by atoms with Gasteiger partial charge in [0.15, 0.2) is 0 Å². The number of hydrogen-bond acceptors (Lipinski definition) is 4. The van der Waals surface area contributed by atoms with Crippen molar-refractivity contribution in [3.63, 3.8) is 0 Å². The average Bonchev–Trinajstić information content (AvgIpc) is 2.44. The van der Waals surface area contributed by atoms with E-state index in [0.717, 1.165) is 37.2 Å². The number of sulfonamides is 1. The summed E-state index contributed by atoms with van der Waals surface area (Å²) in [7, 11) is -3.44. The predicted molar refractivity (Wildman–Crippen MR) is 94.3 cm³/mol. The van der Waals surface area contributed by atoms with Crippen LogP contribution in [0.5, 0.6) is 0 Å². The molecule has 0 atom stereocenters. The molecule has 1 rings (SSSR count). The number of hydrogen-bond donors (Lipinski definition) is 2. The first-order valence-electron chi connectivity index (χ1n) is 6.99. The first-order chi connectivity index (χ1) is 10.0. The van der Waals surface area contributed by atoms with Crippen LogP contribution in [-0.2, 0) is 16.6 Å². The maximum Gasteiger partial charge on any atom is 0.241 e. The van der Waals surface area contributed by atoms with Gasteiger partial charge in [-0.25, -0.2) is 13.1 Å². The van der Waals surface area contributed by atoms with E-state index >= 15 is 0 Å². The molecule has 2 N–H and O–H groups in total. The van der Waals surface area contributed by atoms with Gasteiger partial charge in [-0.3, -0.25) is 0 Å². The summed E-state index contributed by atoms with van der Waals surface area (Å²) in [4.78, 5) is 0.297. The SMILES string of the molecule is CCCNCc1ccc(S(=O)(=O)NCCCSC)c(Br)c1. The summed E-state index contributed by atoms with van der Waals surface area (Å²) in [5, 5.41) is 3.30. The van der Waals surface area contributed by atoms with E-state index in [1.165, 1.54) is 0 Å². The van der Waals surface area contributed by atoms with Crippen molar-refractivity contribution in [2.45, 2.75) is 31.2 Å². The zero-order chi connectivity index (χ0) is 15.7. The maximum absolute atomic E-state index is 12.2. The van der Waals surface area contributed by atoms with E-state index in [1.807, 2.05) is 18.4 Å². The number of benzene rings is 1. The highest BCUT2D eigenvalue weighted by Crippen LogP contribution is 2.23. The lowest BCUT2D eigenvalue weighted by Gasteiger charge is -2.10. The minimum absolute atomic E-state index is 0.297. The second-order valence-corrected chi connectivity index (χ2v) is 8.26. The summed E-state index contributed by atoms with van der Waals surface area (Å²) in [6.07, 6.45) is 3.92. The highest BCUT2D eigenvalue weighted by molar-refractivity contribution is 9.10. The zero-order valence-electron chi connectivity index (χ0n) is 12.5. The van der Waals surface area contributed by atoms with Crippen LogP contribution in [0.15, 0.2) is 27.6 Å². The van der Waals surface area contributed by atoms with Crippen molar-refractivity contribution in [1.82, 2.24) is 10.0 Å². The normalized spacial score (nSPS) is 11.8. The predicted octanol–water partition coefficient (Wildman–Crippen LogP) is 2.98. The van der Waals surface area contributed by atoms with E-state index in [0.29, 0.717) is 15.9 Å². The molecule has 0 amide bonds. The van der Waals surface area contributed by atoms with Crippen LogP contribution < -0.4 is 10.0 Å². The molecule has 0 unspecified atom stereocenters. The Morgan fingerprint density at radius 1 is 1.29 bits per heavy atom. The van der Waals surface area contributed by atoms with Gasteiger partial charge in [-0.2, -0.15) is 11.8 Å². The molecule has 120 valence electrons. The third-order valence-electron chi connectivity index (χ3n) is 2.86. The molecule has 0 spiro atoms. The monoisotopic (exact) mass is 394 g/mol. The number of nitrogens with one attached hydrogen (secondary N) is 2. The van der Waals surface area contributed by atoms with E-state index in [1.54, 1.807) is 17.8 Å². The smallest absolute Gasteiger partial charge is 0.241 e. The summed E-state index contributed by atoms with van der Waals surface area (Å²) in [6.45, 7) is 4.28. The largest absolute Gasteiger partial charge is 0.313 e. The molecule has 0 saturated heterocycles. The van der Waals surface area contributed by atoms with E-state index in [9.17, 15) is 8.42 Å². The van der Waals surface area contributed by atoms with Gasteiger partial charge in [0.25, 0.3) is 0 Å². The summed E-state index contributed by atoms with van der Waals surface area (Å²) >= 11 is 5.08. The molecule has 1 aromatic carbocycles. The first-order valence-corrected chi connectivity index (χ1v) is 10.7. The minimum Gasteiger partial charge on any atom is -0.313 e. The number of halogens is 1. The topological polar surface area (TPSA) is 58.2 Å². The summed E-state index contributed by atoms with van der Waals surface area (Å²) in [5.41, 5.74) is 1.07. The van der Waals surface area contributed by atoms with Gasteiger partial charge in [0, 0.05) is 17.6 Å². The van der Waals surface area contributed by atoms with Gasteiger partial charge in [-0.1, -0.05) is 13.0 Å². The second kappa shape index (κ2) is 9.84. The van der Waals surface area contributed by atoms with Crippen LogP contribution in [0.25, 0.3) is 0 Å². The van der Waals surface area contributed by atoms with Crippen molar-refractivity contribution in [3.8, 4) is 0 Å². The van der Waals surface area contributed by atoms with Crippen LogP contribution in [-0.4, -0.2) is 33.5 Å². The van der Waals surface area contributed by atoms with E-state index < -0.39 is 10.0 Å². The fourth-order valence-corrected chi connectivity index (χ4v) is 4.41. The Kier molecular flexibility index (Phi) is 8.89. The van der Waals surface area contributed by atoms with Crippen molar-refractivity contribution < 1.29 is 8.42 Å². The minimum atomic E-state index is -3.44. The number of rotatable bonds is 10. The van der Waals surface area contributed by atoms with Crippen LogP contribution in [0, 0.1) is 0 Å². The van der Waals surface area contributed by atoms with Crippen molar-refractivity contribution in [2.75, 3.05) is 25.1 Å². The Hall–Kier alpha value is -0.0800. The van der Waals surface area contributed by atoms with Gasteiger partial charge in [-0.15, -0.1) is 0 Å². The second-order valence-electron chi connectivity index (χ2n) is 4.69. The first kappa shape index (κ1) is 19.0. The van der Waals surface area contributed by atoms with Crippen molar-refractivity contribution in [1.29, 1.82) is 0 Å². The van der Waals surface area contributed by atoms with Crippen LogP contribution in [0.1, 0.15) is 25.3 Å². The Balaban J connectivity index is 2.69. The van der Waals surface area contributed by atoms with Gasteiger partial charge in [0.05, 0.1) is 4.90 Å². The third-order valence-corrected chi connectivity index (χ3v) is 5.99. The molecule has 0 bridgehead atoms. The summed E-state index contributed by atoms with van der Waals surface area (Å²) in [6, 6.07) is 5.37. The van der Waals surface area contributed by atoms with E-state index in [-0.39, 0.29) is 0 Å². The molecular weight excluding hydrogens is 372 g/mol. The lowest BCUT2D eigenvalue weighted by molar-refractivity contribution is 0.580.